The largest absolute Gasteiger partial charge is 0.296 e. The number of nitrogens with zero attached hydrogens (tertiary/aromatic N) is 2. The third-order valence-electron chi connectivity index (χ3n) is 2.23. The molecule has 1 aromatic rings. The second-order valence-electron chi connectivity index (χ2n) is 3.61. The van der Waals surface area contributed by atoms with Crippen molar-refractivity contribution in [1.82, 2.24) is 0 Å². The molecule has 19 heavy (non-hydrogen) atoms. The third kappa shape index (κ3) is 3.18. The van der Waals surface area contributed by atoms with E-state index in [1.165, 1.54) is 0 Å². The Morgan fingerprint density at radius 3 is 1.89 bits per heavy atom. The maximum atomic E-state index is 11.8. The molecule has 8 nitrogen and oxygen atoms in total. The lowest BCUT2D eigenvalue weighted by Crippen LogP contribution is -2.07. The van der Waals surface area contributed by atoms with Crippen molar-refractivity contribution >= 4 is 32.8 Å². The maximum absolute atomic E-state index is 11.8. The summed E-state index contributed by atoms with van der Waals surface area (Å²) in [6.07, 6.45) is 0.284. The van der Waals surface area contributed by atoms with Gasteiger partial charge in [-0.1, -0.05) is 18.5 Å². The van der Waals surface area contributed by atoms with Gasteiger partial charge in [0.05, 0.1) is 20.5 Å². The Balaban J connectivity index is 3.61. The molecule has 0 aliphatic heterocycles. The van der Waals surface area contributed by atoms with Crippen LogP contribution in [0.5, 0.6) is 0 Å². The van der Waals surface area contributed by atoms with Crippen LogP contribution in [0.2, 0.25) is 5.02 Å². The molecule has 0 aliphatic carbocycles. The standard InChI is InChI=1S/C9H9ClN2O6S/c1-2-3-19(17,18)6-4-7(11(13)14)9(10)8(5-6)12(15)16/h4-5H,2-3H2,1H3. The molecule has 10 heteroatoms. The average Bonchev–Trinajstić information content (AvgIpc) is 2.27. The summed E-state index contributed by atoms with van der Waals surface area (Å²) in [5.74, 6) is -0.261. The summed E-state index contributed by atoms with van der Waals surface area (Å²) in [6, 6.07) is 1.47. The van der Waals surface area contributed by atoms with E-state index < -0.39 is 41.0 Å². The van der Waals surface area contributed by atoms with E-state index in [2.05, 4.69) is 0 Å². The first-order valence-electron chi connectivity index (χ1n) is 5.05. The van der Waals surface area contributed by atoms with Crippen molar-refractivity contribution in [2.45, 2.75) is 18.2 Å². The number of sulfone groups is 1. The zero-order chi connectivity index (χ0) is 14.8. The summed E-state index contributed by atoms with van der Waals surface area (Å²) in [6.45, 7) is 1.61. The lowest BCUT2D eigenvalue weighted by Gasteiger charge is -2.04. The first kappa shape index (κ1) is 15.3. The van der Waals surface area contributed by atoms with Gasteiger partial charge in [-0.15, -0.1) is 0 Å². The fraction of sp³-hybridized carbons (Fsp3) is 0.333. The molecule has 0 amide bonds. The van der Waals surface area contributed by atoms with Crippen molar-refractivity contribution in [1.29, 1.82) is 0 Å². The molecule has 0 bridgehead atoms. The predicted octanol–water partition coefficient (Wildman–Crippen LogP) is 2.34. The molecule has 1 aromatic carbocycles. The second-order valence-corrected chi connectivity index (χ2v) is 6.10. The van der Waals surface area contributed by atoms with E-state index in [-0.39, 0.29) is 12.2 Å². The highest BCUT2D eigenvalue weighted by Gasteiger charge is 2.29. The molecule has 104 valence electrons. The van der Waals surface area contributed by atoms with Crippen molar-refractivity contribution in [2.75, 3.05) is 5.75 Å². The second kappa shape index (κ2) is 5.49. The number of nitro groups is 2. The molecule has 0 aromatic heterocycles. The maximum Gasteiger partial charge on any atom is 0.296 e. The molecule has 0 spiro atoms. The Morgan fingerprint density at radius 2 is 1.58 bits per heavy atom. The van der Waals surface area contributed by atoms with E-state index >= 15 is 0 Å². The highest BCUT2D eigenvalue weighted by molar-refractivity contribution is 7.91. The summed E-state index contributed by atoms with van der Waals surface area (Å²) in [5, 5.41) is 20.8. The Morgan fingerprint density at radius 1 is 1.16 bits per heavy atom. The van der Waals surface area contributed by atoms with E-state index in [9.17, 15) is 28.6 Å². The van der Waals surface area contributed by atoms with Gasteiger partial charge in [-0.2, -0.15) is 0 Å². The van der Waals surface area contributed by atoms with E-state index in [0.29, 0.717) is 0 Å². The van der Waals surface area contributed by atoms with Crippen molar-refractivity contribution in [3.63, 3.8) is 0 Å². The number of hydrogen-bond donors (Lipinski definition) is 0. The molecule has 0 fully saturated rings. The molecule has 0 N–H and O–H groups in total. The van der Waals surface area contributed by atoms with E-state index in [1.54, 1.807) is 6.92 Å². The zero-order valence-corrected chi connectivity index (χ0v) is 11.3. The number of nitro benzene ring substituents is 2. The Kier molecular flexibility index (Phi) is 4.43. The molecule has 0 atom stereocenters. The van der Waals surface area contributed by atoms with Crippen LogP contribution in [0.15, 0.2) is 17.0 Å². The minimum absolute atomic E-state index is 0.261. The van der Waals surface area contributed by atoms with Crippen LogP contribution in [0.3, 0.4) is 0 Å². The summed E-state index contributed by atoms with van der Waals surface area (Å²) in [5.41, 5.74) is -1.60. The molecule has 1 rings (SSSR count). The first-order valence-corrected chi connectivity index (χ1v) is 7.08. The van der Waals surface area contributed by atoms with Gasteiger partial charge in [0, 0.05) is 12.1 Å². The fourth-order valence-corrected chi connectivity index (χ4v) is 3.00. The molecular weight excluding hydrogens is 300 g/mol. The molecule has 0 saturated carbocycles. The lowest BCUT2D eigenvalue weighted by molar-refractivity contribution is -0.394. The van der Waals surface area contributed by atoms with Gasteiger partial charge in [0.25, 0.3) is 11.4 Å². The Bertz CT molecular complexity index is 607. The molecule has 0 saturated heterocycles. The molecule has 0 radical (unpaired) electrons. The van der Waals surface area contributed by atoms with Crippen LogP contribution < -0.4 is 0 Å². The highest BCUT2D eigenvalue weighted by Crippen LogP contribution is 2.36. The minimum Gasteiger partial charge on any atom is -0.258 e. The van der Waals surface area contributed by atoms with Gasteiger partial charge < -0.3 is 0 Å². The van der Waals surface area contributed by atoms with Crippen LogP contribution in [0.4, 0.5) is 11.4 Å². The van der Waals surface area contributed by atoms with Gasteiger partial charge in [-0.05, 0) is 6.42 Å². The Hall–Kier alpha value is -1.74. The topological polar surface area (TPSA) is 120 Å². The molecule has 0 aliphatic rings. The summed E-state index contributed by atoms with van der Waals surface area (Å²) in [7, 11) is -3.81. The third-order valence-corrected chi connectivity index (χ3v) is 4.52. The summed E-state index contributed by atoms with van der Waals surface area (Å²) < 4.78 is 23.6. The van der Waals surface area contributed by atoms with Gasteiger partial charge in [-0.3, -0.25) is 20.2 Å². The minimum atomic E-state index is -3.81. The van der Waals surface area contributed by atoms with Crippen LogP contribution in [-0.2, 0) is 9.84 Å². The van der Waals surface area contributed by atoms with E-state index in [4.69, 9.17) is 11.6 Å². The van der Waals surface area contributed by atoms with Crippen LogP contribution in [0, 0.1) is 20.2 Å². The van der Waals surface area contributed by atoms with Crippen molar-refractivity contribution in [3.8, 4) is 0 Å². The fourth-order valence-electron chi connectivity index (χ4n) is 1.40. The number of rotatable bonds is 5. The number of benzene rings is 1. The monoisotopic (exact) mass is 308 g/mol. The van der Waals surface area contributed by atoms with Crippen LogP contribution >= 0.6 is 11.6 Å². The normalized spacial score (nSPS) is 11.3. The number of hydrogen-bond acceptors (Lipinski definition) is 6. The summed E-state index contributed by atoms with van der Waals surface area (Å²) >= 11 is 5.52. The zero-order valence-electron chi connectivity index (χ0n) is 9.70. The van der Waals surface area contributed by atoms with E-state index in [1.807, 2.05) is 0 Å². The van der Waals surface area contributed by atoms with Crippen molar-refractivity contribution in [2.24, 2.45) is 0 Å². The SMILES string of the molecule is CCCS(=O)(=O)c1cc([N+](=O)[O-])c(Cl)c([N+](=O)[O-])c1. The van der Waals surface area contributed by atoms with Crippen molar-refractivity contribution < 1.29 is 18.3 Å². The van der Waals surface area contributed by atoms with Gasteiger partial charge in [0.15, 0.2) is 14.9 Å². The predicted molar refractivity (Wildman–Crippen MR) is 67.1 cm³/mol. The van der Waals surface area contributed by atoms with Crippen LogP contribution in [-0.4, -0.2) is 24.0 Å². The first-order chi connectivity index (χ1) is 8.70. The quantitative estimate of drug-likeness (QED) is 0.608. The molecule has 0 heterocycles. The van der Waals surface area contributed by atoms with Crippen LogP contribution in [0.1, 0.15) is 13.3 Å². The highest BCUT2D eigenvalue weighted by atomic mass is 35.5. The van der Waals surface area contributed by atoms with E-state index in [0.717, 1.165) is 12.1 Å². The Labute approximate surface area is 113 Å². The van der Waals surface area contributed by atoms with Crippen LogP contribution in [0.25, 0.3) is 0 Å². The van der Waals surface area contributed by atoms with Crippen molar-refractivity contribution in [3.05, 3.63) is 37.4 Å². The lowest BCUT2D eigenvalue weighted by atomic mass is 10.3. The average molecular weight is 309 g/mol. The molecule has 0 unspecified atom stereocenters. The smallest absolute Gasteiger partial charge is 0.258 e. The van der Waals surface area contributed by atoms with Gasteiger partial charge in [0.2, 0.25) is 0 Å². The molecular formula is C9H9ClN2O6S. The number of halogens is 1. The summed E-state index contributed by atoms with van der Waals surface area (Å²) in [4.78, 5) is 19.1. The van der Waals surface area contributed by atoms with Gasteiger partial charge in [0.1, 0.15) is 0 Å². The van der Waals surface area contributed by atoms with Gasteiger partial charge >= 0.3 is 0 Å². The van der Waals surface area contributed by atoms with Gasteiger partial charge in [-0.25, -0.2) is 8.42 Å².